The Morgan fingerprint density at radius 1 is 0.783 bits per heavy atom. The maximum atomic E-state index is 11.3. The van der Waals surface area contributed by atoms with Crippen LogP contribution < -0.4 is 0 Å². The summed E-state index contributed by atoms with van der Waals surface area (Å²) in [6, 6.07) is 14.5. The summed E-state index contributed by atoms with van der Waals surface area (Å²) < 4.78 is 9.66. The molecule has 0 aliphatic carbocycles. The maximum absolute atomic E-state index is 11.3. The molecule has 0 spiro atoms. The molecule has 0 aromatic heterocycles. The van der Waals surface area contributed by atoms with Gasteiger partial charge in [0.2, 0.25) is 0 Å². The standard InChI is InChI=1S/C10H8O4.C7H6O2/c11-9-7-1-2-8(4-3-7)10(12)14-6-5-13-9;8-7(9)6-4-2-1-3-5-6/h1-4H,5-6H2;1-5H,(H,8,9). The van der Waals surface area contributed by atoms with Gasteiger partial charge in [-0.25, -0.2) is 14.4 Å². The summed E-state index contributed by atoms with van der Waals surface area (Å²) >= 11 is 0. The third-order valence-corrected chi connectivity index (χ3v) is 2.93. The number of aromatic carboxylic acids is 1. The molecule has 0 saturated carbocycles. The lowest BCUT2D eigenvalue weighted by atomic mass is 10.1. The highest BCUT2D eigenvalue weighted by atomic mass is 16.6. The van der Waals surface area contributed by atoms with Gasteiger partial charge in [0.25, 0.3) is 0 Å². The van der Waals surface area contributed by atoms with Crippen molar-refractivity contribution in [2.75, 3.05) is 13.2 Å². The molecule has 2 aromatic rings. The summed E-state index contributed by atoms with van der Waals surface area (Å²) in [4.78, 5) is 32.7. The minimum absolute atomic E-state index is 0.100. The lowest BCUT2D eigenvalue weighted by Crippen LogP contribution is -2.16. The van der Waals surface area contributed by atoms with Crippen LogP contribution in [0.5, 0.6) is 0 Å². The smallest absolute Gasteiger partial charge is 0.338 e. The molecule has 6 nitrogen and oxygen atoms in total. The quantitative estimate of drug-likeness (QED) is 0.813. The zero-order valence-corrected chi connectivity index (χ0v) is 12.1. The SMILES string of the molecule is O=C(O)c1ccccc1.O=C1OCCOC(=O)c2ccc1cc2. The first-order chi connectivity index (χ1) is 11.1. The minimum Gasteiger partial charge on any atom is -0.478 e. The molecule has 23 heavy (non-hydrogen) atoms. The second-order valence-electron chi connectivity index (χ2n) is 4.52. The Hall–Kier alpha value is -3.15. The van der Waals surface area contributed by atoms with Crippen molar-refractivity contribution in [3.63, 3.8) is 0 Å². The molecule has 0 amide bonds. The Bertz CT molecular complexity index is 654. The molecule has 0 unspecified atom stereocenters. The van der Waals surface area contributed by atoms with Crippen LogP contribution in [0.15, 0.2) is 54.6 Å². The van der Waals surface area contributed by atoms with Crippen LogP contribution in [-0.2, 0) is 9.47 Å². The number of carbonyl (C=O) groups excluding carboxylic acids is 2. The van der Waals surface area contributed by atoms with Crippen molar-refractivity contribution in [2.24, 2.45) is 0 Å². The van der Waals surface area contributed by atoms with E-state index in [0.717, 1.165) is 0 Å². The largest absolute Gasteiger partial charge is 0.478 e. The van der Waals surface area contributed by atoms with E-state index in [1.54, 1.807) is 54.6 Å². The van der Waals surface area contributed by atoms with Gasteiger partial charge in [0, 0.05) is 0 Å². The maximum Gasteiger partial charge on any atom is 0.338 e. The van der Waals surface area contributed by atoms with Gasteiger partial charge in [0.15, 0.2) is 0 Å². The van der Waals surface area contributed by atoms with Crippen molar-refractivity contribution in [3.05, 3.63) is 71.3 Å². The fourth-order valence-corrected chi connectivity index (χ4v) is 1.76. The molecule has 4 rings (SSSR count). The average molecular weight is 314 g/mol. The van der Waals surface area contributed by atoms with Crippen LogP contribution in [0, 0.1) is 0 Å². The molecule has 0 fully saturated rings. The zero-order chi connectivity index (χ0) is 16.7. The highest BCUT2D eigenvalue weighted by Gasteiger charge is 2.13. The van der Waals surface area contributed by atoms with E-state index in [1.807, 2.05) is 0 Å². The van der Waals surface area contributed by atoms with E-state index in [2.05, 4.69) is 0 Å². The number of carbonyl (C=O) groups is 3. The van der Waals surface area contributed by atoms with Gasteiger partial charge in [-0.2, -0.15) is 0 Å². The van der Waals surface area contributed by atoms with Crippen molar-refractivity contribution >= 4 is 17.9 Å². The van der Waals surface area contributed by atoms with E-state index < -0.39 is 17.9 Å². The Kier molecular flexibility index (Phi) is 5.46. The average Bonchev–Trinajstić information content (AvgIpc) is 2.59. The second kappa shape index (κ2) is 7.74. The van der Waals surface area contributed by atoms with E-state index in [1.165, 1.54) is 0 Å². The van der Waals surface area contributed by atoms with Crippen LogP contribution in [0.2, 0.25) is 0 Å². The first-order valence-electron chi connectivity index (χ1n) is 6.80. The Labute approximate surface area is 132 Å². The van der Waals surface area contributed by atoms with Crippen LogP contribution >= 0.6 is 0 Å². The summed E-state index contributed by atoms with van der Waals surface area (Å²) in [5, 5.41) is 8.38. The van der Waals surface area contributed by atoms with Crippen molar-refractivity contribution in [2.45, 2.75) is 0 Å². The van der Waals surface area contributed by atoms with Gasteiger partial charge in [-0.15, -0.1) is 0 Å². The van der Waals surface area contributed by atoms with Crippen LogP contribution in [-0.4, -0.2) is 36.2 Å². The van der Waals surface area contributed by atoms with Crippen molar-refractivity contribution in [1.29, 1.82) is 0 Å². The number of hydrogen-bond donors (Lipinski definition) is 1. The molecule has 1 N–H and O–H groups in total. The summed E-state index contributed by atoms with van der Waals surface area (Å²) in [7, 11) is 0. The zero-order valence-electron chi connectivity index (χ0n) is 12.1. The molecule has 0 saturated heterocycles. The van der Waals surface area contributed by atoms with Crippen LogP contribution in [0.25, 0.3) is 0 Å². The van der Waals surface area contributed by atoms with Gasteiger partial charge in [0.05, 0.1) is 16.7 Å². The normalized spacial score (nSPS) is 13.2. The first kappa shape index (κ1) is 16.2. The van der Waals surface area contributed by atoms with Crippen molar-refractivity contribution < 1.29 is 29.0 Å². The highest BCUT2D eigenvalue weighted by molar-refractivity contribution is 5.93. The third kappa shape index (κ3) is 4.67. The van der Waals surface area contributed by atoms with Crippen LogP contribution in [0.1, 0.15) is 31.1 Å². The van der Waals surface area contributed by atoms with Gasteiger partial charge in [-0.05, 0) is 36.4 Å². The number of carboxylic acid groups (broad SMARTS) is 1. The number of rotatable bonds is 1. The van der Waals surface area contributed by atoms with Gasteiger partial charge in [0.1, 0.15) is 13.2 Å². The van der Waals surface area contributed by atoms with Crippen molar-refractivity contribution in [1.82, 2.24) is 0 Å². The minimum atomic E-state index is -0.879. The van der Waals surface area contributed by atoms with Crippen molar-refractivity contribution in [3.8, 4) is 0 Å². The second-order valence-corrected chi connectivity index (χ2v) is 4.52. The summed E-state index contributed by atoms with van der Waals surface area (Å²) in [6.45, 7) is 0.200. The third-order valence-electron chi connectivity index (χ3n) is 2.93. The molecule has 0 radical (unpaired) electrons. The summed E-state index contributed by atoms with van der Waals surface area (Å²) in [6.07, 6.45) is 0. The number of fused-ring (bicyclic) bond motifs is 7. The van der Waals surface area contributed by atoms with E-state index in [9.17, 15) is 14.4 Å². The molecular formula is C17H14O6. The predicted molar refractivity (Wildman–Crippen MR) is 80.4 cm³/mol. The van der Waals surface area contributed by atoms with E-state index in [0.29, 0.717) is 16.7 Å². The molecule has 2 bridgehead atoms. The molecule has 2 aliphatic heterocycles. The van der Waals surface area contributed by atoms with Crippen LogP contribution in [0.3, 0.4) is 0 Å². The molecule has 0 atom stereocenters. The number of esters is 2. The highest BCUT2D eigenvalue weighted by Crippen LogP contribution is 2.09. The Balaban J connectivity index is 0.000000185. The molecule has 2 heterocycles. The molecule has 2 aromatic carbocycles. The van der Waals surface area contributed by atoms with Gasteiger partial charge in [-0.1, -0.05) is 18.2 Å². The summed E-state index contributed by atoms with van der Waals surface area (Å²) in [5.41, 5.74) is 1.23. The number of hydrogen-bond acceptors (Lipinski definition) is 5. The van der Waals surface area contributed by atoms with E-state index >= 15 is 0 Å². The number of benzene rings is 2. The molecule has 6 heteroatoms. The monoisotopic (exact) mass is 314 g/mol. The molecular weight excluding hydrogens is 300 g/mol. The number of ether oxygens (including phenoxy) is 2. The number of carboxylic acids is 1. The van der Waals surface area contributed by atoms with Gasteiger partial charge >= 0.3 is 17.9 Å². The fourth-order valence-electron chi connectivity index (χ4n) is 1.76. The Morgan fingerprint density at radius 3 is 1.57 bits per heavy atom. The first-order valence-corrected chi connectivity index (χ1v) is 6.80. The summed E-state index contributed by atoms with van der Waals surface area (Å²) in [5.74, 6) is -1.67. The molecule has 2 aliphatic rings. The Morgan fingerprint density at radius 2 is 1.22 bits per heavy atom. The van der Waals surface area contributed by atoms with Gasteiger partial charge < -0.3 is 14.6 Å². The predicted octanol–water partition coefficient (Wildman–Crippen LogP) is 2.40. The van der Waals surface area contributed by atoms with Crippen LogP contribution in [0.4, 0.5) is 0 Å². The molecule has 118 valence electrons. The lowest BCUT2D eigenvalue weighted by Gasteiger charge is -2.09. The van der Waals surface area contributed by atoms with E-state index in [4.69, 9.17) is 14.6 Å². The topological polar surface area (TPSA) is 89.9 Å². The fraction of sp³-hybridized carbons (Fsp3) is 0.118. The van der Waals surface area contributed by atoms with E-state index in [-0.39, 0.29) is 13.2 Å². The lowest BCUT2D eigenvalue weighted by molar-refractivity contribution is 0.0260. The van der Waals surface area contributed by atoms with Gasteiger partial charge in [-0.3, -0.25) is 0 Å².